The Hall–Kier alpha value is -3.40. The minimum atomic E-state index is -0.0517. The number of nitrogens with one attached hydrogen (secondary N) is 1. The molecule has 0 spiro atoms. The van der Waals surface area contributed by atoms with Gasteiger partial charge in [-0.05, 0) is 53.8 Å². The summed E-state index contributed by atoms with van der Waals surface area (Å²) >= 11 is 0. The molecule has 3 aromatic carbocycles. The Balaban J connectivity index is 1.54. The number of benzene rings is 3. The van der Waals surface area contributed by atoms with Crippen LogP contribution in [0.15, 0.2) is 77.2 Å². The van der Waals surface area contributed by atoms with Gasteiger partial charge < -0.3 is 9.73 Å². The number of oxazole rings is 1. The lowest BCUT2D eigenvalue weighted by Gasteiger charge is -2.07. The van der Waals surface area contributed by atoms with Crippen LogP contribution in [0.25, 0.3) is 22.6 Å². The number of fused-ring (bicyclic) bond motifs is 1. The molecule has 1 atom stereocenters. The first-order valence-electron chi connectivity index (χ1n) is 9.97. The summed E-state index contributed by atoms with van der Waals surface area (Å²) in [6, 6.07) is 23.5. The molecule has 1 unspecified atom stereocenters. The van der Waals surface area contributed by atoms with E-state index in [0.29, 0.717) is 18.2 Å². The number of hydrogen-bond donors (Lipinski definition) is 1. The first kappa shape index (κ1) is 18.9. The molecule has 4 heteroatoms. The molecule has 1 aromatic heterocycles. The summed E-state index contributed by atoms with van der Waals surface area (Å²) in [5.74, 6) is 0.993. The lowest BCUT2D eigenvalue weighted by Crippen LogP contribution is -2.14. The zero-order valence-electron chi connectivity index (χ0n) is 16.7. The van der Waals surface area contributed by atoms with E-state index >= 15 is 0 Å². The van der Waals surface area contributed by atoms with Gasteiger partial charge in [0.2, 0.25) is 11.8 Å². The lowest BCUT2D eigenvalue weighted by molar-refractivity contribution is -0.115. The van der Waals surface area contributed by atoms with Crippen molar-refractivity contribution in [3.63, 3.8) is 0 Å². The number of aromatic nitrogens is 1. The molecule has 0 saturated carbocycles. The first-order valence-corrected chi connectivity index (χ1v) is 9.97. The van der Waals surface area contributed by atoms with Gasteiger partial charge >= 0.3 is 0 Å². The Morgan fingerprint density at radius 1 is 1.03 bits per heavy atom. The van der Waals surface area contributed by atoms with Gasteiger partial charge in [-0.2, -0.15) is 0 Å². The second-order valence-electron chi connectivity index (χ2n) is 7.35. The van der Waals surface area contributed by atoms with Crippen molar-refractivity contribution in [2.24, 2.45) is 0 Å². The van der Waals surface area contributed by atoms with Crippen molar-refractivity contribution in [2.45, 2.75) is 32.6 Å². The van der Waals surface area contributed by atoms with E-state index in [1.54, 1.807) is 0 Å². The molecule has 1 heterocycles. The summed E-state index contributed by atoms with van der Waals surface area (Å²) in [7, 11) is 0. The van der Waals surface area contributed by atoms with E-state index in [0.717, 1.165) is 34.3 Å². The molecule has 0 radical (unpaired) electrons. The SMILES string of the molecule is CCC(C)c1ccc2oc(-c3cccc(NC(=O)Cc4ccccc4)c3)nc2c1. The van der Waals surface area contributed by atoms with Crippen molar-refractivity contribution in [3.05, 3.63) is 83.9 Å². The topological polar surface area (TPSA) is 55.1 Å². The van der Waals surface area contributed by atoms with Crippen LogP contribution in [0, 0.1) is 0 Å². The maximum absolute atomic E-state index is 12.4. The van der Waals surface area contributed by atoms with E-state index in [1.165, 1.54) is 5.56 Å². The number of hydrogen-bond acceptors (Lipinski definition) is 3. The first-order chi connectivity index (χ1) is 14.1. The third-order valence-electron chi connectivity index (χ3n) is 5.19. The highest BCUT2D eigenvalue weighted by Gasteiger charge is 2.12. The summed E-state index contributed by atoms with van der Waals surface area (Å²) in [5.41, 5.74) is 5.44. The Bertz CT molecular complexity index is 1130. The van der Waals surface area contributed by atoms with Gasteiger partial charge in [-0.1, -0.05) is 56.3 Å². The molecule has 0 fully saturated rings. The van der Waals surface area contributed by atoms with Gasteiger partial charge in [0.25, 0.3) is 0 Å². The molecule has 0 aliphatic rings. The minimum absolute atomic E-state index is 0.0517. The molecule has 4 rings (SSSR count). The second kappa shape index (κ2) is 8.31. The highest BCUT2D eigenvalue weighted by molar-refractivity contribution is 5.92. The second-order valence-corrected chi connectivity index (χ2v) is 7.35. The van der Waals surface area contributed by atoms with Gasteiger partial charge in [-0.15, -0.1) is 0 Å². The van der Waals surface area contributed by atoms with Crippen LogP contribution in [-0.2, 0) is 11.2 Å². The van der Waals surface area contributed by atoms with Gasteiger partial charge in [0.1, 0.15) is 5.52 Å². The normalized spacial score (nSPS) is 12.1. The standard InChI is InChI=1S/C25H24N2O2/c1-3-17(2)19-12-13-23-22(16-19)27-25(29-23)20-10-7-11-21(15-20)26-24(28)14-18-8-5-4-6-9-18/h4-13,15-17H,3,14H2,1-2H3,(H,26,28). The molecule has 1 amide bonds. The number of rotatable bonds is 6. The zero-order chi connectivity index (χ0) is 20.2. The van der Waals surface area contributed by atoms with Crippen LogP contribution in [0.1, 0.15) is 37.3 Å². The average molecular weight is 384 g/mol. The maximum atomic E-state index is 12.4. The van der Waals surface area contributed by atoms with E-state index in [-0.39, 0.29) is 5.91 Å². The summed E-state index contributed by atoms with van der Waals surface area (Å²) in [6.07, 6.45) is 1.42. The monoisotopic (exact) mass is 384 g/mol. The molecule has 0 aliphatic carbocycles. The highest BCUT2D eigenvalue weighted by Crippen LogP contribution is 2.29. The van der Waals surface area contributed by atoms with Crippen molar-refractivity contribution < 1.29 is 9.21 Å². The van der Waals surface area contributed by atoms with Crippen LogP contribution in [0.5, 0.6) is 0 Å². The average Bonchev–Trinajstić information content (AvgIpc) is 3.17. The van der Waals surface area contributed by atoms with Gasteiger partial charge in [0, 0.05) is 11.3 Å². The Kier molecular flexibility index (Phi) is 5.43. The predicted octanol–water partition coefficient (Wildman–Crippen LogP) is 6.19. The number of amides is 1. The fourth-order valence-electron chi connectivity index (χ4n) is 3.33. The predicted molar refractivity (Wildman–Crippen MR) is 117 cm³/mol. The van der Waals surface area contributed by atoms with Gasteiger partial charge in [-0.25, -0.2) is 4.98 Å². The molecule has 4 aromatic rings. The van der Waals surface area contributed by atoms with E-state index < -0.39 is 0 Å². The number of nitrogens with zero attached hydrogens (tertiary/aromatic N) is 1. The van der Waals surface area contributed by atoms with E-state index in [4.69, 9.17) is 4.42 Å². The molecular formula is C25H24N2O2. The third-order valence-corrected chi connectivity index (χ3v) is 5.19. The Morgan fingerprint density at radius 2 is 1.86 bits per heavy atom. The van der Waals surface area contributed by atoms with E-state index in [9.17, 15) is 4.79 Å². The Labute approximate surface area is 170 Å². The van der Waals surface area contributed by atoms with Crippen molar-refractivity contribution in [3.8, 4) is 11.5 Å². The van der Waals surface area contributed by atoms with Gasteiger partial charge in [-0.3, -0.25) is 4.79 Å². The van der Waals surface area contributed by atoms with Crippen molar-refractivity contribution in [2.75, 3.05) is 5.32 Å². The Morgan fingerprint density at radius 3 is 2.66 bits per heavy atom. The lowest BCUT2D eigenvalue weighted by atomic mass is 9.98. The molecule has 0 aliphatic heterocycles. The van der Waals surface area contributed by atoms with Crippen molar-refractivity contribution in [1.82, 2.24) is 4.98 Å². The summed E-state index contributed by atoms with van der Waals surface area (Å²) in [5, 5.41) is 2.96. The van der Waals surface area contributed by atoms with E-state index in [1.807, 2.05) is 60.7 Å². The maximum Gasteiger partial charge on any atom is 0.228 e. The van der Waals surface area contributed by atoms with Crippen LogP contribution in [0.4, 0.5) is 5.69 Å². The summed E-state index contributed by atoms with van der Waals surface area (Å²) in [6.45, 7) is 4.39. The fraction of sp³-hybridized carbons (Fsp3) is 0.200. The molecule has 0 saturated heterocycles. The number of carbonyl (C=O) groups is 1. The smallest absolute Gasteiger partial charge is 0.228 e. The van der Waals surface area contributed by atoms with Gasteiger partial charge in [0.15, 0.2) is 5.58 Å². The highest BCUT2D eigenvalue weighted by atomic mass is 16.3. The molecule has 29 heavy (non-hydrogen) atoms. The largest absolute Gasteiger partial charge is 0.436 e. The van der Waals surface area contributed by atoms with E-state index in [2.05, 4.69) is 36.3 Å². The van der Waals surface area contributed by atoms with Crippen LogP contribution in [-0.4, -0.2) is 10.9 Å². The zero-order valence-corrected chi connectivity index (χ0v) is 16.7. The van der Waals surface area contributed by atoms with Crippen LogP contribution in [0.3, 0.4) is 0 Å². The minimum Gasteiger partial charge on any atom is -0.436 e. The van der Waals surface area contributed by atoms with Gasteiger partial charge in [0.05, 0.1) is 6.42 Å². The van der Waals surface area contributed by atoms with Crippen LogP contribution in [0.2, 0.25) is 0 Å². The molecule has 4 nitrogen and oxygen atoms in total. The fourth-order valence-corrected chi connectivity index (χ4v) is 3.33. The van der Waals surface area contributed by atoms with Crippen molar-refractivity contribution in [1.29, 1.82) is 0 Å². The molecular weight excluding hydrogens is 360 g/mol. The number of carbonyl (C=O) groups excluding carboxylic acids is 1. The quantitative estimate of drug-likeness (QED) is 0.431. The summed E-state index contributed by atoms with van der Waals surface area (Å²) in [4.78, 5) is 17.0. The molecule has 146 valence electrons. The third kappa shape index (κ3) is 4.37. The molecule has 0 bridgehead atoms. The van der Waals surface area contributed by atoms with Crippen molar-refractivity contribution >= 4 is 22.7 Å². The summed E-state index contributed by atoms with van der Waals surface area (Å²) < 4.78 is 5.95. The molecule has 1 N–H and O–H groups in total. The van der Waals surface area contributed by atoms with Crippen LogP contribution < -0.4 is 5.32 Å². The van der Waals surface area contributed by atoms with Crippen LogP contribution >= 0.6 is 0 Å². The number of anilines is 1.